The number of nitrogen functional groups attached to an aromatic ring is 1. The van der Waals surface area contributed by atoms with Crippen molar-refractivity contribution in [3.63, 3.8) is 0 Å². The summed E-state index contributed by atoms with van der Waals surface area (Å²) < 4.78 is 32.4. The summed E-state index contributed by atoms with van der Waals surface area (Å²) in [5.74, 6) is -1.27. The summed E-state index contributed by atoms with van der Waals surface area (Å²) in [4.78, 5) is 0. The average Bonchev–Trinajstić information content (AvgIpc) is 2.59. The van der Waals surface area contributed by atoms with Gasteiger partial charge in [0.1, 0.15) is 12.4 Å². The van der Waals surface area contributed by atoms with Gasteiger partial charge in [0.05, 0.1) is 5.69 Å². The highest BCUT2D eigenvalue weighted by Crippen LogP contribution is 2.27. The molecule has 0 saturated heterocycles. The van der Waals surface area contributed by atoms with E-state index in [2.05, 4.69) is 0 Å². The third-order valence-electron chi connectivity index (χ3n) is 3.49. The van der Waals surface area contributed by atoms with Gasteiger partial charge in [0.15, 0.2) is 11.6 Å². The molecule has 0 atom stereocenters. The first-order valence-corrected chi connectivity index (χ1v) is 7.15. The van der Waals surface area contributed by atoms with E-state index in [1.807, 2.05) is 30.3 Å². The highest BCUT2D eigenvalue weighted by molar-refractivity contribution is 5.68. The van der Waals surface area contributed by atoms with Crippen molar-refractivity contribution in [2.75, 3.05) is 5.73 Å². The third kappa shape index (κ3) is 3.48. The maximum absolute atomic E-state index is 13.4. The monoisotopic (exact) mass is 311 g/mol. The largest absolute Gasteiger partial charge is 0.489 e. The van der Waals surface area contributed by atoms with Crippen molar-refractivity contribution in [1.29, 1.82) is 0 Å². The Kier molecular flexibility index (Phi) is 4.24. The van der Waals surface area contributed by atoms with Crippen LogP contribution >= 0.6 is 0 Å². The van der Waals surface area contributed by atoms with Gasteiger partial charge >= 0.3 is 0 Å². The van der Waals surface area contributed by atoms with Crippen LogP contribution in [-0.4, -0.2) is 0 Å². The van der Waals surface area contributed by atoms with Gasteiger partial charge < -0.3 is 10.5 Å². The standard InChI is InChI=1S/C19H15F2NO/c20-17-10-15(11-18(22)19(17)21)14-6-8-16(9-7-14)23-12-13-4-2-1-3-5-13/h1-11H,12,22H2. The fourth-order valence-electron chi connectivity index (χ4n) is 2.26. The van der Waals surface area contributed by atoms with Crippen LogP contribution in [0.15, 0.2) is 66.7 Å². The SMILES string of the molecule is Nc1cc(-c2ccc(OCc3ccccc3)cc2)cc(F)c1F. The average molecular weight is 311 g/mol. The normalized spacial score (nSPS) is 10.5. The molecule has 0 radical (unpaired) electrons. The van der Waals surface area contributed by atoms with Gasteiger partial charge in [-0.15, -0.1) is 0 Å². The molecule has 0 aromatic heterocycles. The minimum atomic E-state index is -1.02. The van der Waals surface area contributed by atoms with Crippen LogP contribution in [0.25, 0.3) is 11.1 Å². The first kappa shape index (κ1) is 15.0. The summed E-state index contributed by atoms with van der Waals surface area (Å²) in [7, 11) is 0. The first-order chi connectivity index (χ1) is 11.1. The van der Waals surface area contributed by atoms with Gasteiger partial charge in [-0.25, -0.2) is 8.78 Å². The number of hydrogen-bond donors (Lipinski definition) is 1. The Morgan fingerprint density at radius 3 is 2.17 bits per heavy atom. The molecule has 2 nitrogen and oxygen atoms in total. The van der Waals surface area contributed by atoms with E-state index in [1.54, 1.807) is 24.3 Å². The Morgan fingerprint density at radius 2 is 1.52 bits per heavy atom. The van der Waals surface area contributed by atoms with Crippen molar-refractivity contribution in [2.24, 2.45) is 0 Å². The summed E-state index contributed by atoms with van der Waals surface area (Å²) in [6.45, 7) is 0.471. The van der Waals surface area contributed by atoms with E-state index in [-0.39, 0.29) is 5.69 Å². The molecule has 0 aliphatic carbocycles. The molecule has 0 spiro atoms. The zero-order valence-corrected chi connectivity index (χ0v) is 12.3. The molecule has 2 N–H and O–H groups in total. The molecule has 23 heavy (non-hydrogen) atoms. The molecular weight excluding hydrogens is 296 g/mol. The van der Waals surface area contributed by atoms with E-state index < -0.39 is 11.6 Å². The number of ether oxygens (including phenoxy) is 1. The molecule has 116 valence electrons. The quantitative estimate of drug-likeness (QED) is 0.703. The Labute approximate surface area is 133 Å². The molecule has 0 heterocycles. The predicted octanol–water partition coefficient (Wildman–Crippen LogP) is 4.79. The predicted molar refractivity (Wildman–Crippen MR) is 87.0 cm³/mol. The van der Waals surface area contributed by atoms with Crippen LogP contribution < -0.4 is 10.5 Å². The van der Waals surface area contributed by atoms with Gasteiger partial charge in [-0.3, -0.25) is 0 Å². The number of halogens is 2. The second-order valence-electron chi connectivity index (χ2n) is 5.16. The van der Waals surface area contributed by atoms with E-state index in [4.69, 9.17) is 10.5 Å². The van der Waals surface area contributed by atoms with Gasteiger partial charge in [-0.2, -0.15) is 0 Å². The summed E-state index contributed by atoms with van der Waals surface area (Å²) in [6.07, 6.45) is 0. The fourth-order valence-corrected chi connectivity index (χ4v) is 2.26. The van der Waals surface area contributed by atoms with Crippen LogP contribution in [0.4, 0.5) is 14.5 Å². The smallest absolute Gasteiger partial charge is 0.181 e. The van der Waals surface area contributed by atoms with Crippen molar-refractivity contribution in [3.8, 4) is 16.9 Å². The minimum Gasteiger partial charge on any atom is -0.489 e. The van der Waals surface area contributed by atoms with E-state index in [1.165, 1.54) is 6.07 Å². The molecule has 3 rings (SSSR count). The molecule has 4 heteroatoms. The molecule has 0 unspecified atom stereocenters. The van der Waals surface area contributed by atoms with Crippen molar-refractivity contribution >= 4 is 5.69 Å². The van der Waals surface area contributed by atoms with Gasteiger partial charge in [-0.05, 0) is 41.0 Å². The van der Waals surface area contributed by atoms with Crippen molar-refractivity contribution in [3.05, 3.63) is 83.9 Å². The van der Waals surface area contributed by atoms with Gasteiger partial charge in [0.2, 0.25) is 0 Å². The lowest BCUT2D eigenvalue weighted by Gasteiger charge is -2.08. The Hall–Kier alpha value is -2.88. The van der Waals surface area contributed by atoms with Crippen LogP contribution in [0.3, 0.4) is 0 Å². The van der Waals surface area contributed by atoms with Crippen LogP contribution in [0.5, 0.6) is 5.75 Å². The molecule has 0 saturated carbocycles. The van der Waals surface area contributed by atoms with Crippen LogP contribution in [0.1, 0.15) is 5.56 Å². The summed E-state index contributed by atoms with van der Waals surface area (Å²) in [5, 5.41) is 0. The zero-order valence-electron chi connectivity index (χ0n) is 12.3. The Balaban J connectivity index is 1.74. The zero-order chi connectivity index (χ0) is 16.2. The van der Waals surface area contributed by atoms with Crippen molar-refractivity contribution in [1.82, 2.24) is 0 Å². The molecule has 3 aromatic carbocycles. The lowest BCUT2D eigenvalue weighted by Crippen LogP contribution is -1.96. The first-order valence-electron chi connectivity index (χ1n) is 7.15. The molecule has 0 fully saturated rings. The number of benzene rings is 3. The molecule has 0 amide bonds. The summed E-state index contributed by atoms with van der Waals surface area (Å²) >= 11 is 0. The van der Waals surface area contributed by atoms with Gasteiger partial charge in [0, 0.05) is 0 Å². The molecular formula is C19H15F2NO. The number of rotatable bonds is 4. The summed E-state index contributed by atoms with van der Waals surface area (Å²) in [6, 6.07) is 19.5. The Morgan fingerprint density at radius 1 is 0.826 bits per heavy atom. The van der Waals surface area contributed by atoms with E-state index in [9.17, 15) is 8.78 Å². The number of hydrogen-bond acceptors (Lipinski definition) is 2. The van der Waals surface area contributed by atoms with Crippen molar-refractivity contribution < 1.29 is 13.5 Å². The van der Waals surface area contributed by atoms with Crippen LogP contribution in [0, 0.1) is 11.6 Å². The number of anilines is 1. The molecule has 0 aliphatic rings. The summed E-state index contributed by atoms with van der Waals surface area (Å²) in [5.41, 5.74) is 7.59. The van der Waals surface area contributed by atoms with E-state index >= 15 is 0 Å². The van der Waals surface area contributed by atoms with E-state index in [0.717, 1.165) is 17.2 Å². The van der Waals surface area contributed by atoms with Crippen LogP contribution in [0.2, 0.25) is 0 Å². The molecule has 3 aromatic rings. The minimum absolute atomic E-state index is 0.204. The highest BCUT2D eigenvalue weighted by atomic mass is 19.2. The highest BCUT2D eigenvalue weighted by Gasteiger charge is 2.09. The Bertz CT molecular complexity index is 778. The van der Waals surface area contributed by atoms with Crippen LogP contribution in [-0.2, 0) is 6.61 Å². The van der Waals surface area contributed by atoms with Gasteiger partial charge in [-0.1, -0.05) is 42.5 Å². The maximum atomic E-state index is 13.4. The topological polar surface area (TPSA) is 35.2 Å². The molecule has 0 bridgehead atoms. The second kappa shape index (κ2) is 6.48. The molecule has 0 aliphatic heterocycles. The number of nitrogens with two attached hydrogens (primary N) is 1. The van der Waals surface area contributed by atoms with Crippen molar-refractivity contribution in [2.45, 2.75) is 6.61 Å². The lowest BCUT2D eigenvalue weighted by atomic mass is 10.0. The van der Waals surface area contributed by atoms with Gasteiger partial charge in [0.25, 0.3) is 0 Å². The third-order valence-corrected chi connectivity index (χ3v) is 3.49. The van der Waals surface area contributed by atoms with E-state index in [0.29, 0.717) is 17.9 Å². The fraction of sp³-hybridized carbons (Fsp3) is 0.0526. The second-order valence-corrected chi connectivity index (χ2v) is 5.16. The maximum Gasteiger partial charge on any atom is 0.181 e. The lowest BCUT2D eigenvalue weighted by molar-refractivity contribution is 0.306.